The van der Waals surface area contributed by atoms with Gasteiger partial charge in [-0.2, -0.15) is 8.68 Å². The smallest absolute Gasteiger partial charge is 0.246 e. The van der Waals surface area contributed by atoms with Gasteiger partial charge in [0, 0.05) is 36.7 Å². The van der Waals surface area contributed by atoms with Crippen molar-refractivity contribution in [2.75, 3.05) is 25.5 Å². The van der Waals surface area contributed by atoms with Crippen LogP contribution in [0.15, 0.2) is 23.1 Å². The lowest BCUT2D eigenvalue weighted by atomic mass is 10.2. The van der Waals surface area contributed by atoms with Crippen LogP contribution < -0.4 is 10.1 Å². The van der Waals surface area contributed by atoms with Crippen molar-refractivity contribution in [2.24, 2.45) is 0 Å². The standard InChI is InChI=1S/C16H22N4O3S2/c1-3-15-18-16(24-19-15)17-12-7-8-13(23-2)14(11-12)25(21,22)20-9-5-4-6-10-20/h7-8,11H,3-6,9-10H2,1-2H3,(H,17,18,19). The van der Waals surface area contributed by atoms with Gasteiger partial charge >= 0.3 is 0 Å². The average Bonchev–Trinajstić information content (AvgIpc) is 3.10. The van der Waals surface area contributed by atoms with Crippen molar-refractivity contribution >= 4 is 32.4 Å². The molecular formula is C16H22N4O3S2. The molecule has 1 aliphatic heterocycles. The van der Waals surface area contributed by atoms with Gasteiger partial charge in [0.25, 0.3) is 0 Å². The van der Waals surface area contributed by atoms with Gasteiger partial charge in [0.15, 0.2) is 0 Å². The van der Waals surface area contributed by atoms with Crippen LogP contribution in [0.5, 0.6) is 5.75 Å². The molecule has 1 aromatic heterocycles. The molecule has 0 amide bonds. The molecule has 0 aliphatic carbocycles. The van der Waals surface area contributed by atoms with Gasteiger partial charge < -0.3 is 10.1 Å². The van der Waals surface area contributed by atoms with Crippen LogP contribution in [0.4, 0.5) is 10.8 Å². The van der Waals surface area contributed by atoms with E-state index in [1.54, 1.807) is 18.2 Å². The van der Waals surface area contributed by atoms with Crippen molar-refractivity contribution in [3.63, 3.8) is 0 Å². The average molecular weight is 383 g/mol. The molecule has 0 saturated carbocycles. The number of methoxy groups -OCH3 is 1. The lowest BCUT2D eigenvalue weighted by molar-refractivity contribution is 0.343. The lowest BCUT2D eigenvalue weighted by Crippen LogP contribution is -2.35. The largest absolute Gasteiger partial charge is 0.495 e. The summed E-state index contributed by atoms with van der Waals surface area (Å²) in [6.07, 6.45) is 3.62. The van der Waals surface area contributed by atoms with E-state index in [0.29, 0.717) is 29.7 Å². The number of aromatic nitrogens is 2. The predicted molar refractivity (Wildman–Crippen MR) is 98.2 cm³/mol. The molecule has 0 radical (unpaired) electrons. The van der Waals surface area contributed by atoms with E-state index in [0.717, 1.165) is 31.5 Å². The maximum Gasteiger partial charge on any atom is 0.246 e. The summed E-state index contributed by atoms with van der Waals surface area (Å²) in [5.74, 6) is 1.12. The summed E-state index contributed by atoms with van der Waals surface area (Å²) in [4.78, 5) is 4.54. The Kier molecular flexibility index (Phi) is 5.55. The van der Waals surface area contributed by atoms with Crippen molar-refractivity contribution < 1.29 is 13.2 Å². The van der Waals surface area contributed by atoms with Crippen LogP contribution in [0, 0.1) is 0 Å². The maximum absolute atomic E-state index is 13.0. The van der Waals surface area contributed by atoms with Crippen LogP contribution in [0.3, 0.4) is 0 Å². The van der Waals surface area contributed by atoms with Crippen molar-refractivity contribution in [2.45, 2.75) is 37.5 Å². The van der Waals surface area contributed by atoms with Crippen molar-refractivity contribution in [1.29, 1.82) is 0 Å². The molecule has 1 aromatic carbocycles. The number of hydrogen-bond acceptors (Lipinski definition) is 7. The number of anilines is 2. The normalized spacial score (nSPS) is 15.9. The molecule has 7 nitrogen and oxygen atoms in total. The highest BCUT2D eigenvalue weighted by molar-refractivity contribution is 7.89. The Morgan fingerprint density at radius 1 is 1.28 bits per heavy atom. The van der Waals surface area contributed by atoms with E-state index in [1.807, 2.05) is 6.92 Å². The first-order valence-electron chi connectivity index (χ1n) is 8.32. The number of rotatable bonds is 6. The molecule has 0 unspecified atom stereocenters. The van der Waals surface area contributed by atoms with Crippen molar-refractivity contribution in [3.05, 3.63) is 24.0 Å². The minimum absolute atomic E-state index is 0.183. The summed E-state index contributed by atoms with van der Waals surface area (Å²) < 4.78 is 37.1. The number of nitrogens with one attached hydrogen (secondary N) is 1. The minimum Gasteiger partial charge on any atom is -0.495 e. The third-order valence-corrected chi connectivity index (χ3v) is 6.72. The third-order valence-electron chi connectivity index (χ3n) is 4.13. The lowest BCUT2D eigenvalue weighted by Gasteiger charge is -2.26. The summed E-state index contributed by atoms with van der Waals surface area (Å²) >= 11 is 1.26. The molecule has 136 valence electrons. The monoisotopic (exact) mass is 382 g/mol. The van der Waals surface area contributed by atoms with Gasteiger partial charge in [0.05, 0.1) is 7.11 Å². The Hall–Kier alpha value is -1.71. The highest BCUT2D eigenvalue weighted by atomic mass is 32.2. The quantitative estimate of drug-likeness (QED) is 0.827. The van der Waals surface area contributed by atoms with Crippen LogP contribution in [-0.2, 0) is 16.4 Å². The summed E-state index contributed by atoms with van der Waals surface area (Å²) in [5, 5.41) is 3.77. The molecule has 9 heteroatoms. The second-order valence-electron chi connectivity index (χ2n) is 5.82. The van der Waals surface area contributed by atoms with Crippen LogP contribution in [0.2, 0.25) is 0 Å². The van der Waals surface area contributed by atoms with E-state index in [-0.39, 0.29) is 4.90 Å². The highest BCUT2D eigenvalue weighted by Gasteiger charge is 2.29. The van der Waals surface area contributed by atoms with Gasteiger partial charge in [0.1, 0.15) is 16.5 Å². The van der Waals surface area contributed by atoms with E-state index >= 15 is 0 Å². The summed E-state index contributed by atoms with van der Waals surface area (Å²) in [5.41, 5.74) is 0.648. The second-order valence-corrected chi connectivity index (χ2v) is 8.48. The molecule has 2 aromatic rings. The van der Waals surface area contributed by atoms with E-state index < -0.39 is 10.0 Å². The van der Waals surface area contributed by atoms with Crippen LogP contribution in [0.25, 0.3) is 0 Å². The number of hydrogen-bond donors (Lipinski definition) is 1. The van der Waals surface area contributed by atoms with Gasteiger partial charge in [0.2, 0.25) is 15.2 Å². The number of sulfonamides is 1. The van der Waals surface area contributed by atoms with Gasteiger partial charge in [-0.15, -0.1) is 0 Å². The van der Waals surface area contributed by atoms with Crippen LogP contribution in [0.1, 0.15) is 32.0 Å². The second kappa shape index (κ2) is 7.67. The molecule has 1 aliphatic rings. The summed E-state index contributed by atoms with van der Waals surface area (Å²) in [6.45, 7) is 3.10. The zero-order chi connectivity index (χ0) is 17.9. The minimum atomic E-state index is -3.58. The molecule has 3 rings (SSSR count). The van der Waals surface area contributed by atoms with Gasteiger partial charge in [-0.25, -0.2) is 13.4 Å². The van der Waals surface area contributed by atoms with Gasteiger partial charge in [-0.05, 0) is 31.0 Å². The zero-order valence-electron chi connectivity index (χ0n) is 14.4. The van der Waals surface area contributed by atoms with E-state index in [9.17, 15) is 8.42 Å². The third kappa shape index (κ3) is 3.94. The predicted octanol–water partition coefficient (Wildman–Crippen LogP) is 3.03. The van der Waals surface area contributed by atoms with Crippen molar-refractivity contribution in [1.82, 2.24) is 13.7 Å². The summed E-state index contributed by atoms with van der Waals surface area (Å²) in [6, 6.07) is 5.05. The van der Waals surface area contributed by atoms with Crippen LogP contribution in [-0.4, -0.2) is 42.3 Å². The Labute approximate surface area is 152 Å². The molecule has 0 atom stereocenters. The van der Waals surface area contributed by atoms with E-state index in [4.69, 9.17) is 4.74 Å². The zero-order valence-corrected chi connectivity index (χ0v) is 16.0. The van der Waals surface area contributed by atoms with Gasteiger partial charge in [-0.1, -0.05) is 13.3 Å². The number of benzene rings is 1. The fourth-order valence-corrected chi connectivity index (χ4v) is 5.14. The fraction of sp³-hybridized carbons (Fsp3) is 0.500. The van der Waals surface area contributed by atoms with E-state index in [2.05, 4.69) is 14.7 Å². The Morgan fingerprint density at radius 3 is 2.68 bits per heavy atom. The van der Waals surface area contributed by atoms with Gasteiger partial charge in [-0.3, -0.25) is 0 Å². The Balaban J connectivity index is 1.91. The number of aryl methyl sites for hydroxylation is 1. The first-order valence-corrected chi connectivity index (χ1v) is 10.5. The Bertz CT molecular complexity index is 830. The first-order chi connectivity index (χ1) is 12.0. The Morgan fingerprint density at radius 2 is 2.04 bits per heavy atom. The summed E-state index contributed by atoms with van der Waals surface area (Å²) in [7, 11) is -2.10. The fourth-order valence-electron chi connectivity index (χ4n) is 2.77. The molecule has 1 fully saturated rings. The number of nitrogens with zero attached hydrogens (tertiary/aromatic N) is 3. The first kappa shape index (κ1) is 18.1. The SMILES string of the molecule is CCc1nsc(Nc2ccc(OC)c(S(=O)(=O)N3CCCCC3)c2)n1. The maximum atomic E-state index is 13.0. The number of piperidine rings is 1. The molecule has 0 bridgehead atoms. The molecule has 2 heterocycles. The molecule has 25 heavy (non-hydrogen) atoms. The molecule has 1 saturated heterocycles. The molecular weight excluding hydrogens is 360 g/mol. The number of ether oxygens (including phenoxy) is 1. The van der Waals surface area contributed by atoms with Crippen LogP contribution >= 0.6 is 11.5 Å². The van der Waals surface area contributed by atoms with Crippen molar-refractivity contribution in [3.8, 4) is 5.75 Å². The highest BCUT2D eigenvalue weighted by Crippen LogP contribution is 2.32. The topological polar surface area (TPSA) is 84.4 Å². The van der Waals surface area contributed by atoms with E-state index in [1.165, 1.54) is 22.9 Å². The molecule has 1 N–H and O–H groups in total. The molecule has 0 spiro atoms.